The number of ether oxygens (including phenoxy) is 1. The van der Waals surface area contributed by atoms with Crippen LogP contribution in [0.3, 0.4) is 0 Å². The third-order valence-electron chi connectivity index (χ3n) is 4.73. The number of benzene rings is 2. The summed E-state index contributed by atoms with van der Waals surface area (Å²) in [4.78, 5) is 0. The third kappa shape index (κ3) is 3.03. The summed E-state index contributed by atoms with van der Waals surface area (Å²) in [6.07, 6.45) is 3.54. The van der Waals surface area contributed by atoms with Gasteiger partial charge in [-0.3, -0.25) is 0 Å². The van der Waals surface area contributed by atoms with Gasteiger partial charge in [0.2, 0.25) is 20.2 Å². The number of para-hydroxylation sites is 1. The van der Waals surface area contributed by atoms with Crippen LogP contribution in [0.1, 0.15) is 53.1 Å². The Morgan fingerprint density at radius 2 is 1.96 bits per heavy atom. The highest BCUT2D eigenvalue weighted by atomic mass is 28.3. The molecule has 1 heterocycles. The van der Waals surface area contributed by atoms with Crippen LogP contribution < -0.4 is 4.74 Å². The first-order valence-electron chi connectivity index (χ1n) is 8.15. The second-order valence-electron chi connectivity index (χ2n) is 6.09. The minimum Gasteiger partial charge on any atom is -0.457 e. The molecule has 1 aliphatic rings. The molecular formula is C19H21O2Si2. The van der Waals surface area contributed by atoms with Crippen LogP contribution in [0.15, 0.2) is 30.3 Å². The summed E-state index contributed by atoms with van der Waals surface area (Å²) in [5, 5.41) is 0. The van der Waals surface area contributed by atoms with Crippen LogP contribution >= 0.6 is 0 Å². The molecule has 0 saturated carbocycles. The van der Waals surface area contributed by atoms with E-state index in [1.807, 2.05) is 12.1 Å². The number of hydrogen-bond acceptors (Lipinski definition) is 2. The zero-order valence-electron chi connectivity index (χ0n) is 13.9. The van der Waals surface area contributed by atoms with Crippen LogP contribution in [0.5, 0.6) is 11.5 Å². The van der Waals surface area contributed by atoms with Crippen molar-refractivity contribution < 1.29 is 8.85 Å². The Bertz CT molecular complexity index is 713. The van der Waals surface area contributed by atoms with Crippen molar-refractivity contribution in [2.24, 2.45) is 0 Å². The van der Waals surface area contributed by atoms with E-state index in [1.54, 1.807) is 0 Å². The zero-order chi connectivity index (χ0) is 16.4. The maximum Gasteiger partial charge on any atom is 0.229 e. The predicted octanol–water partition coefficient (Wildman–Crippen LogP) is 4.56. The van der Waals surface area contributed by atoms with Gasteiger partial charge in [0.25, 0.3) is 0 Å². The molecule has 0 aliphatic carbocycles. The number of unbranched alkanes of at least 4 members (excludes halogenated alkanes) is 1. The summed E-state index contributed by atoms with van der Waals surface area (Å²) >= 11 is 0. The van der Waals surface area contributed by atoms with Gasteiger partial charge in [0.1, 0.15) is 11.5 Å². The van der Waals surface area contributed by atoms with Crippen molar-refractivity contribution in [3.05, 3.63) is 58.1 Å². The highest BCUT2D eigenvalue weighted by Gasteiger charge is 2.30. The fourth-order valence-corrected chi connectivity index (χ4v) is 4.62. The maximum atomic E-state index is 6.24. The second-order valence-corrected chi connectivity index (χ2v) is 7.72. The Balaban J connectivity index is 2.12. The normalized spacial score (nSPS) is 15.7. The first kappa shape index (κ1) is 16.5. The van der Waals surface area contributed by atoms with Gasteiger partial charge in [0.15, 0.2) is 0 Å². The molecule has 23 heavy (non-hydrogen) atoms. The molecule has 0 aromatic heterocycles. The Hall–Kier alpha value is -1.37. The standard InChI is InChI=1S/C19H21O2Si2/c1-4-5-8-14-11-17-18(13(3)12(14)2)19(23-21-22)15-9-6-7-10-16(15)20-17/h6-7,9-11,19H,4-5,8H2,1-3H3. The molecule has 3 rings (SSSR count). The van der Waals surface area contributed by atoms with Gasteiger partial charge in [0, 0.05) is 16.7 Å². The average molecular weight is 338 g/mol. The molecule has 2 aromatic carbocycles. The Morgan fingerprint density at radius 3 is 2.70 bits per heavy atom. The molecule has 0 saturated heterocycles. The Morgan fingerprint density at radius 1 is 1.17 bits per heavy atom. The van der Waals surface area contributed by atoms with Crippen molar-refractivity contribution in [2.45, 2.75) is 45.6 Å². The molecule has 0 fully saturated rings. The molecule has 5 radical (unpaired) electrons. The van der Waals surface area contributed by atoms with Gasteiger partial charge in [0.05, 0.1) is 0 Å². The maximum absolute atomic E-state index is 6.24. The third-order valence-corrected chi connectivity index (χ3v) is 6.04. The first-order valence-corrected chi connectivity index (χ1v) is 9.54. The van der Waals surface area contributed by atoms with Gasteiger partial charge in [-0.25, -0.2) is 0 Å². The smallest absolute Gasteiger partial charge is 0.229 e. The fourth-order valence-electron chi connectivity index (χ4n) is 3.31. The van der Waals surface area contributed by atoms with E-state index in [4.69, 9.17) is 8.85 Å². The van der Waals surface area contributed by atoms with Crippen LogP contribution in [-0.4, -0.2) is 20.2 Å². The summed E-state index contributed by atoms with van der Waals surface area (Å²) < 4.78 is 11.6. The van der Waals surface area contributed by atoms with Crippen LogP contribution in [0, 0.1) is 13.8 Å². The molecule has 0 bridgehead atoms. The van der Waals surface area contributed by atoms with E-state index in [0.29, 0.717) is 9.76 Å². The summed E-state index contributed by atoms with van der Waals surface area (Å²) in [5.41, 5.74) is 6.85. The van der Waals surface area contributed by atoms with E-state index in [1.165, 1.54) is 40.7 Å². The lowest BCUT2D eigenvalue weighted by Gasteiger charge is -2.30. The minimum absolute atomic E-state index is 0.228. The lowest BCUT2D eigenvalue weighted by atomic mass is 9.89. The molecular weight excluding hydrogens is 316 g/mol. The summed E-state index contributed by atoms with van der Waals surface area (Å²) in [6.45, 7) is 6.68. The van der Waals surface area contributed by atoms with Gasteiger partial charge in [-0.05, 0) is 55.5 Å². The number of rotatable bonds is 5. The zero-order valence-corrected chi connectivity index (χ0v) is 15.9. The van der Waals surface area contributed by atoms with E-state index < -0.39 is 0 Å². The van der Waals surface area contributed by atoms with Crippen molar-refractivity contribution in [3.63, 3.8) is 0 Å². The van der Waals surface area contributed by atoms with Crippen molar-refractivity contribution >= 4 is 20.2 Å². The summed E-state index contributed by atoms with van der Waals surface area (Å²) in [6, 6.07) is 10.5. The van der Waals surface area contributed by atoms with E-state index >= 15 is 0 Å². The highest BCUT2D eigenvalue weighted by molar-refractivity contribution is 6.37. The number of aryl methyl sites for hydroxylation is 1. The predicted molar refractivity (Wildman–Crippen MR) is 95.5 cm³/mol. The monoisotopic (exact) mass is 337 g/mol. The molecule has 1 unspecified atom stereocenters. The summed E-state index contributed by atoms with van der Waals surface area (Å²) in [5.74, 6) is 1.95. The molecule has 0 amide bonds. The summed E-state index contributed by atoms with van der Waals surface area (Å²) in [7, 11) is 3.52. The van der Waals surface area contributed by atoms with Gasteiger partial charge >= 0.3 is 0 Å². The topological polar surface area (TPSA) is 18.5 Å². The Labute approximate surface area is 144 Å². The fraction of sp³-hybridized carbons (Fsp3) is 0.368. The largest absolute Gasteiger partial charge is 0.457 e. The van der Waals surface area contributed by atoms with E-state index in [2.05, 4.69) is 49.5 Å². The molecule has 2 aromatic rings. The van der Waals surface area contributed by atoms with Crippen molar-refractivity contribution in [2.75, 3.05) is 0 Å². The van der Waals surface area contributed by atoms with Crippen LogP contribution in [0.4, 0.5) is 0 Å². The highest BCUT2D eigenvalue weighted by Crippen LogP contribution is 2.46. The molecule has 1 aliphatic heterocycles. The van der Waals surface area contributed by atoms with Gasteiger partial charge in [-0.2, -0.15) is 0 Å². The molecule has 1 atom stereocenters. The molecule has 117 valence electrons. The minimum atomic E-state index is 0.228. The van der Waals surface area contributed by atoms with Crippen molar-refractivity contribution in [1.29, 1.82) is 0 Å². The van der Waals surface area contributed by atoms with Crippen LogP contribution in [-0.2, 0) is 10.5 Å². The van der Waals surface area contributed by atoms with E-state index in [0.717, 1.165) is 17.9 Å². The van der Waals surface area contributed by atoms with Gasteiger partial charge < -0.3 is 8.85 Å². The molecule has 0 N–H and O–H groups in total. The van der Waals surface area contributed by atoms with Gasteiger partial charge in [-0.1, -0.05) is 31.5 Å². The second kappa shape index (κ2) is 7.03. The van der Waals surface area contributed by atoms with Crippen LogP contribution in [0.2, 0.25) is 0 Å². The SMILES string of the molecule is CCCCc1cc2c(c(C)c1C)C([Si]O[Si])c1ccccc1O2. The van der Waals surface area contributed by atoms with Crippen LogP contribution in [0.25, 0.3) is 0 Å². The first-order chi connectivity index (χ1) is 11.2. The number of fused-ring (bicyclic) bond motifs is 2. The molecule has 4 heteroatoms. The van der Waals surface area contributed by atoms with E-state index in [9.17, 15) is 0 Å². The molecule has 0 spiro atoms. The lowest BCUT2D eigenvalue weighted by molar-refractivity contribution is 0.452. The molecule has 2 nitrogen and oxygen atoms in total. The number of hydrogen-bond donors (Lipinski definition) is 0. The quantitative estimate of drug-likeness (QED) is 0.745. The average Bonchev–Trinajstić information content (AvgIpc) is 2.56. The van der Waals surface area contributed by atoms with Crippen molar-refractivity contribution in [1.82, 2.24) is 0 Å². The van der Waals surface area contributed by atoms with Crippen molar-refractivity contribution in [3.8, 4) is 11.5 Å². The van der Waals surface area contributed by atoms with Gasteiger partial charge in [-0.15, -0.1) is 0 Å². The van der Waals surface area contributed by atoms with E-state index in [-0.39, 0.29) is 5.54 Å². The Kier molecular flexibility index (Phi) is 5.04. The lowest BCUT2D eigenvalue weighted by Crippen LogP contribution is -2.20.